The van der Waals surface area contributed by atoms with Gasteiger partial charge in [-0.05, 0) is 74.0 Å². The van der Waals surface area contributed by atoms with Gasteiger partial charge in [0, 0.05) is 17.6 Å². The molecule has 3 aromatic heterocycles. The second-order valence-electron chi connectivity index (χ2n) is 7.00. The van der Waals surface area contributed by atoms with Crippen LogP contribution in [0.1, 0.15) is 18.1 Å². The predicted molar refractivity (Wildman–Crippen MR) is 105 cm³/mol. The number of hydrogen-bond acceptors (Lipinski definition) is 2. The molecule has 0 amide bonds. The quantitative estimate of drug-likeness (QED) is 0.580. The SMILES string of the molecule is CCc1c(-c2ccc(O)cc2)c2c(CCN(C)C)cc3cccc1n32. The van der Waals surface area contributed by atoms with Crippen molar-refractivity contribution in [2.75, 3.05) is 20.6 Å². The summed E-state index contributed by atoms with van der Waals surface area (Å²) in [5.74, 6) is 0.311. The Morgan fingerprint density at radius 3 is 2.48 bits per heavy atom. The Kier molecular flexibility index (Phi) is 3.89. The van der Waals surface area contributed by atoms with Gasteiger partial charge in [-0.15, -0.1) is 0 Å². The molecule has 0 aliphatic carbocycles. The zero-order chi connectivity index (χ0) is 17.6. The summed E-state index contributed by atoms with van der Waals surface area (Å²) in [5.41, 5.74) is 9.17. The van der Waals surface area contributed by atoms with Crippen LogP contribution in [-0.2, 0) is 12.8 Å². The zero-order valence-corrected chi connectivity index (χ0v) is 15.1. The fourth-order valence-corrected chi connectivity index (χ4v) is 3.89. The van der Waals surface area contributed by atoms with Crippen LogP contribution in [0.15, 0.2) is 48.5 Å². The third-order valence-electron chi connectivity index (χ3n) is 5.06. The molecule has 4 rings (SSSR count). The number of phenols is 1. The fraction of sp³-hybridized carbons (Fsp3) is 0.273. The Morgan fingerprint density at radius 1 is 1.04 bits per heavy atom. The second kappa shape index (κ2) is 6.08. The van der Waals surface area contributed by atoms with Crippen LogP contribution in [0.4, 0.5) is 0 Å². The number of pyridine rings is 1. The van der Waals surface area contributed by atoms with Crippen molar-refractivity contribution in [3.8, 4) is 16.9 Å². The largest absolute Gasteiger partial charge is 0.508 e. The van der Waals surface area contributed by atoms with Crippen molar-refractivity contribution < 1.29 is 5.11 Å². The summed E-state index contributed by atoms with van der Waals surface area (Å²) >= 11 is 0. The average Bonchev–Trinajstić information content (AvgIpc) is 3.13. The number of hydrogen-bond donors (Lipinski definition) is 1. The monoisotopic (exact) mass is 332 g/mol. The van der Waals surface area contributed by atoms with E-state index in [2.05, 4.69) is 54.6 Å². The summed E-state index contributed by atoms with van der Waals surface area (Å²) < 4.78 is 2.41. The normalized spacial score (nSPS) is 12.0. The van der Waals surface area contributed by atoms with E-state index in [9.17, 15) is 5.11 Å². The van der Waals surface area contributed by atoms with Crippen molar-refractivity contribution in [2.24, 2.45) is 0 Å². The van der Waals surface area contributed by atoms with E-state index in [1.165, 1.54) is 38.8 Å². The first-order valence-corrected chi connectivity index (χ1v) is 8.91. The second-order valence-corrected chi connectivity index (χ2v) is 7.00. The van der Waals surface area contributed by atoms with E-state index in [4.69, 9.17) is 0 Å². The molecule has 0 spiro atoms. The van der Waals surface area contributed by atoms with Crippen molar-refractivity contribution >= 4 is 16.6 Å². The van der Waals surface area contributed by atoms with Gasteiger partial charge in [-0.1, -0.05) is 25.1 Å². The topological polar surface area (TPSA) is 27.9 Å². The third-order valence-corrected chi connectivity index (χ3v) is 5.06. The number of phenolic OH excluding ortho intramolecular Hbond substituents is 1. The lowest BCUT2D eigenvalue weighted by Gasteiger charge is -2.10. The van der Waals surface area contributed by atoms with Gasteiger partial charge in [0.2, 0.25) is 0 Å². The molecule has 1 N–H and O–H groups in total. The molecule has 0 aliphatic heterocycles. The van der Waals surface area contributed by atoms with Crippen LogP contribution in [-0.4, -0.2) is 35.0 Å². The predicted octanol–water partition coefficient (Wildman–Crippen LogP) is 4.57. The van der Waals surface area contributed by atoms with E-state index in [0.717, 1.165) is 19.4 Å². The molecule has 25 heavy (non-hydrogen) atoms. The third kappa shape index (κ3) is 2.56. The van der Waals surface area contributed by atoms with Crippen molar-refractivity contribution in [3.05, 3.63) is 59.7 Å². The van der Waals surface area contributed by atoms with E-state index in [0.29, 0.717) is 5.75 Å². The van der Waals surface area contributed by atoms with Crippen molar-refractivity contribution in [1.29, 1.82) is 0 Å². The van der Waals surface area contributed by atoms with Crippen LogP contribution in [0.25, 0.3) is 27.7 Å². The Hall–Kier alpha value is -2.52. The molecule has 4 aromatic rings. The van der Waals surface area contributed by atoms with Gasteiger partial charge in [-0.25, -0.2) is 0 Å². The molecule has 0 fully saturated rings. The first-order chi connectivity index (χ1) is 12.1. The molecule has 0 unspecified atom stereocenters. The molecule has 3 nitrogen and oxygen atoms in total. The van der Waals surface area contributed by atoms with Crippen LogP contribution in [0, 0.1) is 0 Å². The number of benzene rings is 1. The lowest BCUT2D eigenvalue weighted by atomic mass is 9.97. The lowest BCUT2D eigenvalue weighted by Crippen LogP contribution is -2.14. The molecular formula is C22H24N2O. The van der Waals surface area contributed by atoms with E-state index < -0.39 is 0 Å². The number of likely N-dealkylation sites (N-methyl/N-ethyl adjacent to an activating group) is 1. The average molecular weight is 332 g/mol. The Morgan fingerprint density at radius 2 is 1.80 bits per heavy atom. The van der Waals surface area contributed by atoms with Gasteiger partial charge in [0.15, 0.2) is 0 Å². The molecule has 0 aliphatic rings. The molecule has 3 heterocycles. The van der Waals surface area contributed by atoms with Gasteiger partial charge in [0.1, 0.15) is 5.75 Å². The highest BCUT2D eigenvalue weighted by Gasteiger charge is 2.21. The highest BCUT2D eigenvalue weighted by Crippen LogP contribution is 2.39. The smallest absolute Gasteiger partial charge is 0.115 e. The highest BCUT2D eigenvalue weighted by atomic mass is 16.3. The molecule has 0 bridgehead atoms. The summed E-state index contributed by atoms with van der Waals surface area (Å²) in [7, 11) is 4.24. The van der Waals surface area contributed by atoms with E-state index in [1.54, 1.807) is 12.1 Å². The van der Waals surface area contributed by atoms with Crippen molar-refractivity contribution in [3.63, 3.8) is 0 Å². The van der Waals surface area contributed by atoms with Crippen molar-refractivity contribution in [2.45, 2.75) is 19.8 Å². The Balaban J connectivity index is 2.03. The molecule has 1 aromatic carbocycles. The molecule has 0 radical (unpaired) electrons. The maximum Gasteiger partial charge on any atom is 0.115 e. The molecule has 0 saturated heterocycles. The standard InChI is InChI=1S/C22H24N2O/c1-4-19-20-7-5-6-17-14-16(12-13-23(2)3)22(24(17)20)21(19)15-8-10-18(25)11-9-15/h5-11,14,25H,4,12-13H2,1-3H3. The maximum atomic E-state index is 9.68. The highest BCUT2D eigenvalue weighted by molar-refractivity contribution is 5.97. The van der Waals surface area contributed by atoms with Crippen LogP contribution in [0.5, 0.6) is 5.75 Å². The van der Waals surface area contributed by atoms with E-state index in [1.807, 2.05) is 12.1 Å². The summed E-state index contributed by atoms with van der Waals surface area (Å²) in [6.45, 7) is 3.25. The number of rotatable bonds is 5. The fourth-order valence-electron chi connectivity index (χ4n) is 3.89. The minimum atomic E-state index is 0.311. The minimum absolute atomic E-state index is 0.311. The summed E-state index contributed by atoms with van der Waals surface area (Å²) in [4.78, 5) is 2.23. The zero-order valence-electron chi connectivity index (χ0n) is 15.1. The summed E-state index contributed by atoms with van der Waals surface area (Å²) in [5, 5.41) is 9.68. The first-order valence-electron chi connectivity index (χ1n) is 8.91. The maximum absolute atomic E-state index is 9.68. The van der Waals surface area contributed by atoms with Gasteiger partial charge in [0.25, 0.3) is 0 Å². The Bertz CT molecular complexity index is 1010. The molecule has 0 saturated carbocycles. The molecule has 3 heteroatoms. The summed E-state index contributed by atoms with van der Waals surface area (Å²) in [6, 6.07) is 16.5. The molecule has 128 valence electrons. The molecule has 0 atom stereocenters. The van der Waals surface area contributed by atoms with Crippen LogP contribution >= 0.6 is 0 Å². The number of aromatic hydroxyl groups is 1. The van der Waals surface area contributed by atoms with Gasteiger partial charge >= 0.3 is 0 Å². The summed E-state index contributed by atoms with van der Waals surface area (Å²) in [6.07, 6.45) is 2.02. The van der Waals surface area contributed by atoms with Gasteiger partial charge in [0.05, 0.1) is 11.0 Å². The van der Waals surface area contributed by atoms with Gasteiger partial charge in [-0.2, -0.15) is 0 Å². The van der Waals surface area contributed by atoms with Gasteiger partial charge in [-0.3, -0.25) is 0 Å². The van der Waals surface area contributed by atoms with E-state index in [-0.39, 0.29) is 0 Å². The number of aromatic nitrogens is 1. The number of nitrogens with zero attached hydrogens (tertiary/aromatic N) is 2. The lowest BCUT2D eigenvalue weighted by molar-refractivity contribution is 0.414. The van der Waals surface area contributed by atoms with Crippen LogP contribution in [0.3, 0.4) is 0 Å². The Labute approximate surface area is 148 Å². The van der Waals surface area contributed by atoms with Crippen LogP contribution in [0.2, 0.25) is 0 Å². The number of aryl methyl sites for hydroxylation is 1. The minimum Gasteiger partial charge on any atom is -0.508 e. The van der Waals surface area contributed by atoms with E-state index >= 15 is 0 Å². The van der Waals surface area contributed by atoms with Crippen LogP contribution < -0.4 is 0 Å². The van der Waals surface area contributed by atoms with Crippen molar-refractivity contribution in [1.82, 2.24) is 9.30 Å². The van der Waals surface area contributed by atoms with Gasteiger partial charge < -0.3 is 14.4 Å². The molecular weight excluding hydrogens is 308 g/mol. The first kappa shape index (κ1) is 16.0.